The lowest BCUT2D eigenvalue weighted by Crippen LogP contribution is -2.50. The first-order valence-corrected chi connectivity index (χ1v) is 9.98. The van der Waals surface area contributed by atoms with Crippen molar-refractivity contribution in [2.45, 2.75) is 31.7 Å². The van der Waals surface area contributed by atoms with Gasteiger partial charge in [-0.05, 0) is 37.3 Å². The van der Waals surface area contributed by atoms with Crippen molar-refractivity contribution in [3.05, 3.63) is 60.2 Å². The van der Waals surface area contributed by atoms with Crippen molar-refractivity contribution in [2.75, 3.05) is 20.6 Å². The van der Waals surface area contributed by atoms with Crippen LogP contribution >= 0.6 is 0 Å². The van der Waals surface area contributed by atoms with Crippen LogP contribution in [0.25, 0.3) is 22.2 Å². The number of ketones is 1. The van der Waals surface area contributed by atoms with Crippen molar-refractivity contribution in [3.63, 3.8) is 0 Å². The van der Waals surface area contributed by atoms with Crippen LogP contribution < -0.4 is 0 Å². The van der Waals surface area contributed by atoms with E-state index >= 15 is 0 Å². The van der Waals surface area contributed by atoms with E-state index in [1.165, 1.54) is 25.7 Å². The summed E-state index contributed by atoms with van der Waals surface area (Å²) in [5, 5.41) is 1.07. The number of benzene rings is 2. The first kappa shape index (κ1) is 18.0. The Morgan fingerprint density at radius 1 is 1.00 bits per heavy atom. The van der Waals surface area contributed by atoms with E-state index in [9.17, 15) is 4.79 Å². The number of rotatable bonds is 5. The molecule has 2 aromatic carbocycles. The summed E-state index contributed by atoms with van der Waals surface area (Å²) >= 11 is 0. The second-order valence-electron chi connectivity index (χ2n) is 8.46. The number of hydrogen-bond donors (Lipinski definition) is 0. The van der Waals surface area contributed by atoms with Crippen LogP contribution in [0, 0.1) is 0 Å². The van der Waals surface area contributed by atoms with Gasteiger partial charge in [0, 0.05) is 18.0 Å². The van der Waals surface area contributed by atoms with Gasteiger partial charge in [0.2, 0.25) is 5.78 Å². The second kappa shape index (κ2) is 6.97. The van der Waals surface area contributed by atoms with E-state index in [4.69, 9.17) is 0 Å². The SMILES string of the molecule is Cn1c(-c2ccccc2)c(C(=O)C[N+](C)(C)C2CCCC2)c2ccccc21. The first-order chi connectivity index (χ1) is 13.0. The molecule has 0 spiro atoms. The maximum atomic E-state index is 13.6. The number of para-hydroxylation sites is 1. The lowest BCUT2D eigenvalue weighted by molar-refractivity contribution is -0.906. The molecule has 1 saturated carbocycles. The van der Waals surface area contributed by atoms with Gasteiger partial charge in [0.05, 0.1) is 31.4 Å². The van der Waals surface area contributed by atoms with E-state index in [-0.39, 0.29) is 5.78 Å². The van der Waals surface area contributed by atoms with Crippen LogP contribution in [-0.4, -0.2) is 41.5 Å². The summed E-state index contributed by atoms with van der Waals surface area (Å²) in [6, 6.07) is 19.2. The van der Waals surface area contributed by atoms with Gasteiger partial charge in [0.25, 0.3) is 0 Å². The van der Waals surface area contributed by atoms with Gasteiger partial charge in [0.15, 0.2) is 0 Å². The summed E-state index contributed by atoms with van der Waals surface area (Å²) in [5.74, 6) is 0.252. The molecule has 0 atom stereocenters. The molecule has 4 rings (SSSR count). The van der Waals surface area contributed by atoms with E-state index in [2.05, 4.69) is 50.0 Å². The smallest absolute Gasteiger partial charge is 0.219 e. The summed E-state index contributed by atoms with van der Waals surface area (Å²) in [6.07, 6.45) is 5.07. The third-order valence-electron chi connectivity index (χ3n) is 6.30. The average molecular weight is 362 g/mol. The number of fused-ring (bicyclic) bond motifs is 1. The lowest BCUT2D eigenvalue weighted by Gasteiger charge is -2.35. The molecule has 1 heterocycles. The number of hydrogen-bond acceptors (Lipinski definition) is 1. The molecule has 0 aliphatic heterocycles. The second-order valence-corrected chi connectivity index (χ2v) is 8.46. The molecule has 0 amide bonds. The fraction of sp³-hybridized carbons (Fsp3) is 0.375. The van der Waals surface area contributed by atoms with Crippen molar-refractivity contribution in [3.8, 4) is 11.3 Å². The number of likely N-dealkylation sites (N-methyl/N-ethyl adjacent to an activating group) is 1. The summed E-state index contributed by atoms with van der Waals surface area (Å²) in [4.78, 5) is 13.6. The molecule has 1 aliphatic rings. The summed E-state index contributed by atoms with van der Waals surface area (Å²) in [7, 11) is 6.51. The molecule has 1 aliphatic carbocycles. The molecule has 3 aromatic rings. The average Bonchev–Trinajstić information content (AvgIpc) is 3.30. The van der Waals surface area contributed by atoms with Crippen molar-refractivity contribution in [1.29, 1.82) is 0 Å². The van der Waals surface area contributed by atoms with Crippen LogP contribution in [0.5, 0.6) is 0 Å². The number of quaternary nitrogens is 1. The Bertz CT molecular complexity index is 963. The maximum absolute atomic E-state index is 13.6. The zero-order valence-electron chi connectivity index (χ0n) is 16.6. The quantitative estimate of drug-likeness (QED) is 0.460. The van der Waals surface area contributed by atoms with Gasteiger partial charge in [-0.2, -0.15) is 0 Å². The molecule has 0 radical (unpaired) electrons. The minimum absolute atomic E-state index is 0.252. The highest BCUT2D eigenvalue weighted by Crippen LogP contribution is 2.34. The Balaban J connectivity index is 1.81. The maximum Gasteiger partial charge on any atom is 0.219 e. The number of Topliss-reactive ketones (excluding diaryl/α,β-unsaturated/α-hetero) is 1. The molecular weight excluding hydrogens is 332 g/mol. The first-order valence-electron chi connectivity index (χ1n) is 9.98. The molecule has 0 saturated heterocycles. The van der Waals surface area contributed by atoms with E-state index in [0.717, 1.165) is 32.2 Å². The third kappa shape index (κ3) is 3.21. The molecule has 27 heavy (non-hydrogen) atoms. The predicted octanol–water partition coefficient (Wildman–Crippen LogP) is 5.05. The van der Waals surface area contributed by atoms with Crippen molar-refractivity contribution < 1.29 is 9.28 Å². The summed E-state index contributed by atoms with van der Waals surface area (Å²) in [5.41, 5.74) is 4.13. The number of carbonyl (C=O) groups is 1. The van der Waals surface area contributed by atoms with Crippen LogP contribution in [0.4, 0.5) is 0 Å². The largest absolute Gasteiger partial charge is 0.343 e. The lowest BCUT2D eigenvalue weighted by atomic mass is 10.00. The topological polar surface area (TPSA) is 22.0 Å². The van der Waals surface area contributed by atoms with Crippen LogP contribution in [0.1, 0.15) is 36.0 Å². The van der Waals surface area contributed by atoms with E-state index in [1.807, 2.05) is 30.3 Å². The van der Waals surface area contributed by atoms with Gasteiger partial charge in [-0.25, -0.2) is 0 Å². The Kier molecular flexibility index (Phi) is 4.65. The highest BCUT2D eigenvalue weighted by Gasteiger charge is 2.35. The minimum Gasteiger partial charge on any atom is -0.343 e. The zero-order chi connectivity index (χ0) is 19.0. The van der Waals surface area contributed by atoms with E-state index in [0.29, 0.717) is 12.6 Å². The molecule has 1 aromatic heterocycles. The molecule has 3 heteroatoms. The van der Waals surface area contributed by atoms with E-state index < -0.39 is 0 Å². The van der Waals surface area contributed by atoms with Crippen LogP contribution in [0.2, 0.25) is 0 Å². The van der Waals surface area contributed by atoms with E-state index in [1.54, 1.807) is 0 Å². The van der Waals surface area contributed by atoms with Crippen molar-refractivity contribution in [1.82, 2.24) is 4.57 Å². The Morgan fingerprint density at radius 3 is 2.33 bits per heavy atom. The highest BCUT2D eigenvalue weighted by atomic mass is 16.1. The minimum atomic E-state index is 0.252. The fourth-order valence-corrected chi connectivity index (χ4v) is 4.79. The monoisotopic (exact) mass is 361 g/mol. The van der Waals surface area contributed by atoms with Crippen LogP contribution in [-0.2, 0) is 7.05 Å². The number of nitrogens with zero attached hydrogens (tertiary/aromatic N) is 2. The van der Waals surface area contributed by atoms with Crippen LogP contribution in [0.3, 0.4) is 0 Å². The Labute approximate surface area is 161 Å². The van der Waals surface area contributed by atoms with Crippen molar-refractivity contribution >= 4 is 16.7 Å². The normalized spacial score (nSPS) is 15.5. The number of aryl methyl sites for hydroxylation is 1. The van der Waals surface area contributed by atoms with Crippen LogP contribution in [0.15, 0.2) is 54.6 Å². The number of carbonyl (C=O) groups excluding carboxylic acids is 1. The standard InChI is InChI=1S/C24H29N2O/c1-25-21-16-10-9-15-20(21)23(24(25)18-11-5-4-6-12-18)22(27)17-26(2,3)19-13-7-8-14-19/h4-6,9-12,15-16,19H,7-8,13-14,17H2,1-3H3/q+1. The highest BCUT2D eigenvalue weighted by molar-refractivity contribution is 6.14. The van der Waals surface area contributed by atoms with Gasteiger partial charge in [-0.1, -0.05) is 48.5 Å². The van der Waals surface area contributed by atoms with Gasteiger partial charge >= 0.3 is 0 Å². The van der Waals surface area contributed by atoms with Crippen molar-refractivity contribution in [2.24, 2.45) is 7.05 Å². The zero-order valence-corrected chi connectivity index (χ0v) is 16.6. The third-order valence-corrected chi connectivity index (χ3v) is 6.30. The van der Waals surface area contributed by atoms with Gasteiger partial charge < -0.3 is 9.05 Å². The molecule has 0 N–H and O–H groups in total. The summed E-state index contributed by atoms with van der Waals surface area (Å²) in [6.45, 7) is 0.554. The molecule has 1 fully saturated rings. The Hall–Kier alpha value is -2.39. The molecule has 140 valence electrons. The molecule has 0 bridgehead atoms. The Morgan fingerprint density at radius 2 is 1.63 bits per heavy atom. The number of aromatic nitrogens is 1. The summed E-state index contributed by atoms with van der Waals surface area (Å²) < 4.78 is 2.96. The molecule has 0 unspecified atom stereocenters. The molecule has 3 nitrogen and oxygen atoms in total. The van der Waals surface area contributed by atoms with Gasteiger partial charge in [-0.15, -0.1) is 0 Å². The van der Waals surface area contributed by atoms with Gasteiger partial charge in [0.1, 0.15) is 6.54 Å². The van der Waals surface area contributed by atoms with Gasteiger partial charge in [-0.3, -0.25) is 4.79 Å². The fourth-order valence-electron chi connectivity index (χ4n) is 4.79. The molecular formula is C24H29N2O+. The predicted molar refractivity (Wildman–Crippen MR) is 112 cm³/mol.